The van der Waals surface area contributed by atoms with E-state index in [0.717, 1.165) is 24.6 Å². The van der Waals surface area contributed by atoms with Crippen LogP contribution in [0.15, 0.2) is 27.4 Å². The highest BCUT2D eigenvalue weighted by Crippen LogP contribution is 2.64. The van der Waals surface area contributed by atoms with Crippen LogP contribution in [0, 0.1) is 5.41 Å². The van der Waals surface area contributed by atoms with Crippen molar-refractivity contribution < 1.29 is 13.9 Å². The van der Waals surface area contributed by atoms with E-state index in [9.17, 15) is 9.59 Å². The van der Waals surface area contributed by atoms with Crippen LogP contribution in [0.4, 0.5) is 0 Å². The van der Waals surface area contributed by atoms with Gasteiger partial charge in [0.15, 0.2) is 0 Å². The van der Waals surface area contributed by atoms with Crippen LogP contribution in [0.5, 0.6) is 0 Å². The first-order valence-corrected chi connectivity index (χ1v) is 8.69. The molecule has 1 aromatic heterocycles. The lowest BCUT2D eigenvalue weighted by Gasteiger charge is -2.13. The van der Waals surface area contributed by atoms with Crippen molar-refractivity contribution in [2.24, 2.45) is 5.41 Å². The van der Waals surface area contributed by atoms with Gasteiger partial charge in [0, 0.05) is 23.4 Å². The number of hydrogen-bond acceptors (Lipinski definition) is 4. The molecule has 1 saturated carbocycles. The van der Waals surface area contributed by atoms with Crippen LogP contribution in [-0.4, -0.2) is 10.3 Å². The highest BCUT2D eigenvalue weighted by molar-refractivity contribution is 6.53. The summed E-state index contributed by atoms with van der Waals surface area (Å²) in [5, 5.41) is 0.812. The third-order valence-electron chi connectivity index (χ3n) is 5.11. The molecular weight excluding hydrogens is 351 g/mol. The lowest BCUT2D eigenvalue weighted by molar-refractivity contribution is -0.150. The van der Waals surface area contributed by atoms with Gasteiger partial charge in [0.05, 0.1) is 0 Å². The minimum atomic E-state index is -1.07. The van der Waals surface area contributed by atoms with Crippen molar-refractivity contribution >= 4 is 40.1 Å². The Morgan fingerprint density at radius 1 is 1.25 bits per heavy atom. The summed E-state index contributed by atoms with van der Waals surface area (Å²) in [6.45, 7) is 1.68. The van der Waals surface area contributed by atoms with E-state index in [1.165, 1.54) is 17.2 Å². The maximum atomic E-state index is 12.2. The molecule has 0 bridgehead atoms. The van der Waals surface area contributed by atoms with E-state index in [2.05, 4.69) is 0 Å². The van der Waals surface area contributed by atoms with Gasteiger partial charge in [-0.1, -0.05) is 0 Å². The number of halogens is 2. The zero-order valence-electron chi connectivity index (χ0n) is 13.2. The molecule has 6 heteroatoms. The normalized spacial score (nSPS) is 24.0. The second-order valence-corrected chi connectivity index (χ2v) is 8.33. The number of ether oxygens (including phenoxy) is 1. The molecule has 4 rings (SSSR count). The molecule has 0 spiro atoms. The van der Waals surface area contributed by atoms with E-state index in [1.54, 1.807) is 6.92 Å². The Balaban J connectivity index is 1.64. The Bertz CT molecular complexity index is 915. The fourth-order valence-corrected chi connectivity index (χ4v) is 4.03. The van der Waals surface area contributed by atoms with Crippen LogP contribution in [0.2, 0.25) is 0 Å². The predicted molar refractivity (Wildman–Crippen MR) is 91.5 cm³/mol. The maximum Gasteiger partial charge on any atom is 0.336 e. The van der Waals surface area contributed by atoms with Gasteiger partial charge in [-0.2, -0.15) is 0 Å². The molecule has 2 aliphatic rings. The average Bonchev–Trinajstić information content (AvgIpc) is 2.85. The molecule has 0 saturated heterocycles. The van der Waals surface area contributed by atoms with Gasteiger partial charge in [0.25, 0.3) is 0 Å². The summed E-state index contributed by atoms with van der Waals surface area (Å²) in [5.74, 6) is -0.449. The van der Waals surface area contributed by atoms with E-state index in [1.807, 2.05) is 12.1 Å². The van der Waals surface area contributed by atoms with E-state index in [4.69, 9.17) is 32.4 Å². The summed E-state index contributed by atoms with van der Waals surface area (Å²) in [6.07, 6.45) is 3.49. The van der Waals surface area contributed by atoms with Crippen molar-refractivity contribution in [2.75, 3.05) is 0 Å². The summed E-state index contributed by atoms with van der Waals surface area (Å²) in [5.41, 5.74) is 2.33. The molecule has 1 atom stereocenters. The van der Waals surface area contributed by atoms with E-state index in [0.29, 0.717) is 17.6 Å². The zero-order chi connectivity index (χ0) is 17.1. The van der Waals surface area contributed by atoms with Gasteiger partial charge in [0.1, 0.15) is 21.9 Å². The van der Waals surface area contributed by atoms with Crippen LogP contribution in [-0.2, 0) is 29.0 Å². The number of esters is 1. The molecule has 4 nitrogen and oxygen atoms in total. The molecule has 1 heterocycles. The number of alkyl halides is 2. The molecular formula is C18H16Cl2O4. The maximum absolute atomic E-state index is 12.2. The van der Waals surface area contributed by atoms with Gasteiger partial charge in [0.2, 0.25) is 0 Å². The van der Waals surface area contributed by atoms with Crippen molar-refractivity contribution in [3.63, 3.8) is 0 Å². The highest BCUT2D eigenvalue weighted by atomic mass is 35.5. The molecule has 2 aliphatic carbocycles. The molecule has 0 radical (unpaired) electrons. The number of carbonyl (C=O) groups excluding carboxylic acids is 1. The second-order valence-electron chi connectivity index (χ2n) is 6.85. The second kappa shape index (κ2) is 5.24. The predicted octanol–water partition coefficient (Wildman–Crippen LogP) is 3.91. The van der Waals surface area contributed by atoms with Crippen molar-refractivity contribution in [3.05, 3.63) is 45.3 Å². The van der Waals surface area contributed by atoms with E-state index < -0.39 is 21.3 Å². The fraction of sp³-hybridized carbons (Fsp3) is 0.444. The molecule has 2 aromatic rings. The number of rotatable bonds is 3. The average molecular weight is 367 g/mol. The topological polar surface area (TPSA) is 56.5 Å². The van der Waals surface area contributed by atoms with Gasteiger partial charge in [-0.3, -0.25) is 4.79 Å². The molecule has 0 amide bonds. The number of aryl methyl sites for hydroxylation is 2. The van der Waals surface area contributed by atoms with Crippen molar-refractivity contribution in [1.29, 1.82) is 0 Å². The van der Waals surface area contributed by atoms with E-state index in [-0.39, 0.29) is 6.61 Å². The number of carbonyl (C=O) groups is 1. The zero-order valence-corrected chi connectivity index (χ0v) is 14.7. The van der Waals surface area contributed by atoms with Gasteiger partial charge in [-0.25, -0.2) is 4.79 Å². The van der Waals surface area contributed by atoms with Crippen LogP contribution >= 0.6 is 23.2 Å². The molecule has 1 fully saturated rings. The molecule has 1 aromatic carbocycles. The van der Waals surface area contributed by atoms with Crippen molar-refractivity contribution in [2.45, 2.75) is 43.5 Å². The van der Waals surface area contributed by atoms with Gasteiger partial charge in [-0.15, -0.1) is 23.2 Å². The van der Waals surface area contributed by atoms with Crippen LogP contribution < -0.4 is 5.63 Å². The first-order chi connectivity index (χ1) is 11.3. The lowest BCUT2D eigenvalue weighted by Crippen LogP contribution is -2.21. The van der Waals surface area contributed by atoms with Crippen LogP contribution in [0.25, 0.3) is 11.0 Å². The van der Waals surface area contributed by atoms with Gasteiger partial charge >= 0.3 is 11.6 Å². The number of hydrogen-bond donors (Lipinski definition) is 0. The monoisotopic (exact) mass is 366 g/mol. The molecule has 126 valence electrons. The third-order valence-corrected chi connectivity index (χ3v) is 6.21. The first kappa shape index (κ1) is 16.0. The Morgan fingerprint density at radius 3 is 2.58 bits per heavy atom. The SMILES string of the molecule is CC1(C(=O)OCc2cc(=O)oc3cc4c(cc23)CCC4)CC1(Cl)Cl. The van der Waals surface area contributed by atoms with Crippen LogP contribution in [0.1, 0.15) is 36.5 Å². The number of benzene rings is 1. The standard InChI is InChI=1S/C18H16Cl2O4/c1-17(9-18(17,19)20)16(22)23-8-12-7-15(21)24-14-6-11-4-2-3-10(11)5-13(12)14/h5-7H,2-4,8-9H2,1H3. The molecule has 24 heavy (non-hydrogen) atoms. The summed E-state index contributed by atoms with van der Waals surface area (Å²) in [6, 6.07) is 5.34. The Kier molecular flexibility index (Phi) is 3.49. The van der Waals surface area contributed by atoms with Crippen molar-refractivity contribution in [1.82, 2.24) is 0 Å². The minimum Gasteiger partial charge on any atom is -0.460 e. The molecule has 1 unspecified atom stereocenters. The summed E-state index contributed by atoms with van der Waals surface area (Å²) in [7, 11) is 0. The van der Waals surface area contributed by atoms with Crippen molar-refractivity contribution in [3.8, 4) is 0 Å². The molecule has 0 aliphatic heterocycles. The lowest BCUT2D eigenvalue weighted by atomic mass is 10.0. The number of fused-ring (bicyclic) bond motifs is 2. The summed E-state index contributed by atoms with van der Waals surface area (Å²) >= 11 is 12.0. The van der Waals surface area contributed by atoms with Crippen LogP contribution in [0.3, 0.4) is 0 Å². The van der Waals surface area contributed by atoms with Gasteiger partial charge < -0.3 is 9.15 Å². The Labute approximate surface area is 148 Å². The van der Waals surface area contributed by atoms with E-state index >= 15 is 0 Å². The smallest absolute Gasteiger partial charge is 0.336 e. The summed E-state index contributed by atoms with van der Waals surface area (Å²) < 4.78 is 9.63. The van der Waals surface area contributed by atoms with Gasteiger partial charge in [-0.05, 0) is 49.4 Å². The highest BCUT2D eigenvalue weighted by Gasteiger charge is 2.69. The minimum absolute atomic E-state index is 0.000826. The quantitative estimate of drug-likeness (QED) is 0.469. The first-order valence-electron chi connectivity index (χ1n) is 7.94. The Morgan fingerprint density at radius 2 is 1.92 bits per heavy atom. The summed E-state index contributed by atoms with van der Waals surface area (Å²) in [4.78, 5) is 24.0. The Hall–Kier alpha value is -1.52. The fourth-order valence-electron chi connectivity index (χ4n) is 3.34. The third kappa shape index (κ3) is 2.44. The largest absolute Gasteiger partial charge is 0.460 e. The molecule has 0 N–H and O–H groups in total.